The first-order chi connectivity index (χ1) is 9.47. The van der Waals surface area contributed by atoms with E-state index in [4.69, 9.17) is 9.84 Å². The number of carboxylic acids is 1. The summed E-state index contributed by atoms with van der Waals surface area (Å²) in [6.45, 7) is 2.50. The Balaban J connectivity index is 2.08. The number of nitrogens with zero attached hydrogens (tertiary/aromatic N) is 1. The highest BCUT2D eigenvalue weighted by molar-refractivity contribution is 5.94. The molecule has 1 heterocycles. The second-order valence-corrected chi connectivity index (χ2v) is 4.81. The van der Waals surface area contributed by atoms with Gasteiger partial charge in [0.2, 0.25) is 0 Å². The minimum absolute atomic E-state index is 0.147. The van der Waals surface area contributed by atoms with Crippen LogP contribution in [0.25, 0.3) is 0 Å². The number of carbonyl (C=O) groups excluding carboxylic acids is 1. The third-order valence-electron chi connectivity index (χ3n) is 3.25. The average molecular weight is 281 g/mol. The molecule has 1 unspecified atom stereocenters. The molecule has 2 rings (SSSR count). The quantitative estimate of drug-likeness (QED) is 0.910. The van der Waals surface area contributed by atoms with Crippen LogP contribution < -0.4 is 0 Å². The van der Waals surface area contributed by atoms with E-state index in [1.54, 1.807) is 19.1 Å². The van der Waals surface area contributed by atoms with Gasteiger partial charge in [-0.15, -0.1) is 0 Å². The van der Waals surface area contributed by atoms with E-state index in [0.29, 0.717) is 12.1 Å². The number of ether oxygens (including phenoxy) is 1. The van der Waals surface area contributed by atoms with Crippen molar-refractivity contribution in [2.24, 2.45) is 0 Å². The van der Waals surface area contributed by atoms with Crippen LogP contribution in [0, 0.1) is 12.7 Å². The van der Waals surface area contributed by atoms with E-state index in [-0.39, 0.29) is 31.0 Å². The van der Waals surface area contributed by atoms with Crippen molar-refractivity contribution in [1.29, 1.82) is 0 Å². The van der Waals surface area contributed by atoms with Crippen molar-refractivity contribution in [2.75, 3.05) is 19.7 Å². The van der Waals surface area contributed by atoms with Crippen LogP contribution in [0.4, 0.5) is 4.39 Å². The standard InChI is InChI=1S/C14H16FNO4/c1-9-2-3-10(6-12(9)15)14(19)16-4-5-20-11(8-16)7-13(17)18/h2-3,6,11H,4-5,7-8H2,1H3,(H,17,18). The molecule has 1 atom stereocenters. The largest absolute Gasteiger partial charge is 0.481 e. The third-order valence-corrected chi connectivity index (χ3v) is 3.25. The van der Waals surface area contributed by atoms with Gasteiger partial charge in [0.05, 0.1) is 19.1 Å². The first kappa shape index (κ1) is 14.5. The van der Waals surface area contributed by atoms with Crippen LogP contribution in [0.2, 0.25) is 0 Å². The molecule has 1 N–H and O–H groups in total. The molecule has 1 fully saturated rings. The Morgan fingerprint density at radius 3 is 2.90 bits per heavy atom. The molecule has 1 amide bonds. The summed E-state index contributed by atoms with van der Waals surface area (Å²) in [6.07, 6.45) is -0.660. The van der Waals surface area contributed by atoms with Crippen molar-refractivity contribution in [3.05, 3.63) is 35.1 Å². The van der Waals surface area contributed by atoms with Gasteiger partial charge in [0.1, 0.15) is 5.82 Å². The van der Waals surface area contributed by atoms with Gasteiger partial charge in [0, 0.05) is 18.7 Å². The Hall–Kier alpha value is -1.95. The summed E-state index contributed by atoms with van der Waals surface area (Å²) in [4.78, 5) is 24.4. The van der Waals surface area contributed by atoms with Gasteiger partial charge in [0.25, 0.3) is 5.91 Å². The zero-order valence-corrected chi connectivity index (χ0v) is 11.1. The summed E-state index contributed by atoms with van der Waals surface area (Å²) in [6, 6.07) is 4.33. The number of carboxylic acid groups (broad SMARTS) is 1. The number of hydrogen-bond acceptors (Lipinski definition) is 3. The molecule has 1 saturated heterocycles. The van der Waals surface area contributed by atoms with Crippen LogP contribution in [-0.4, -0.2) is 47.7 Å². The molecular weight excluding hydrogens is 265 g/mol. The van der Waals surface area contributed by atoms with Crippen LogP contribution >= 0.6 is 0 Å². The minimum Gasteiger partial charge on any atom is -0.481 e. The molecule has 5 nitrogen and oxygen atoms in total. The number of amides is 1. The number of rotatable bonds is 3. The van der Waals surface area contributed by atoms with Gasteiger partial charge in [-0.3, -0.25) is 9.59 Å². The van der Waals surface area contributed by atoms with Crippen molar-refractivity contribution in [2.45, 2.75) is 19.4 Å². The predicted molar refractivity (Wildman–Crippen MR) is 69.0 cm³/mol. The molecule has 1 aliphatic heterocycles. The molecule has 0 saturated carbocycles. The molecule has 108 valence electrons. The number of benzene rings is 1. The molecule has 0 bridgehead atoms. The van der Waals surface area contributed by atoms with Crippen molar-refractivity contribution in [3.63, 3.8) is 0 Å². The lowest BCUT2D eigenvalue weighted by Gasteiger charge is -2.32. The second kappa shape index (κ2) is 6.00. The van der Waals surface area contributed by atoms with Crippen LogP contribution in [0.1, 0.15) is 22.3 Å². The molecule has 0 aromatic heterocycles. The fourth-order valence-electron chi connectivity index (χ4n) is 2.13. The van der Waals surface area contributed by atoms with Gasteiger partial charge in [-0.1, -0.05) is 6.07 Å². The van der Waals surface area contributed by atoms with E-state index in [2.05, 4.69) is 0 Å². The van der Waals surface area contributed by atoms with Crippen molar-refractivity contribution in [1.82, 2.24) is 4.90 Å². The fourth-order valence-corrected chi connectivity index (χ4v) is 2.13. The van der Waals surface area contributed by atoms with Crippen molar-refractivity contribution < 1.29 is 23.8 Å². The zero-order chi connectivity index (χ0) is 14.7. The Bertz CT molecular complexity index is 532. The number of aliphatic carboxylic acids is 1. The van der Waals surface area contributed by atoms with E-state index in [1.807, 2.05) is 0 Å². The number of carbonyl (C=O) groups is 2. The van der Waals surface area contributed by atoms with Crippen LogP contribution in [0.5, 0.6) is 0 Å². The first-order valence-electron chi connectivity index (χ1n) is 6.36. The monoisotopic (exact) mass is 281 g/mol. The maximum Gasteiger partial charge on any atom is 0.306 e. The van der Waals surface area contributed by atoms with E-state index < -0.39 is 17.9 Å². The Morgan fingerprint density at radius 2 is 2.25 bits per heavy atom. The molecule has 0 spiro atoms. The average Bonchev–Trinajstić information content (AvgIpc) is 2.40. The minimum atomic E-state index is -0.967. The van der Waals surface area contributed by atoms with Crippen molar-refractivity contribution in [3.8, 4) is 0 Å². The molecule has 1 aliphatic rings. The highest BCUT2D eigenvalue weighted by Gasteiger charge is 2.26. The molecule has 6 heteroatoms. The summed E-state index contributed by atoms with van der Waals surface area (Å²) >= 11 is 0. The third kappa shape index (κ3) is 3.33. The molecule has 0 aliphatic carbocycles. The smallest absolute Gasteiger partial charge is 0.306 e. The van der Waals surface area contributed by atoms with Gasteiger partial charge in [0.15, 0.2) is 0 Å². The Morgan fingerprint density at radius 1 is 1.50 bits per heavy atom. The van der Waals surface area contributed by atoms with E-state index in [9.17, 15) is 14.0 Å². The predicted octanol–water partition coefficient (Wildman–Crippen LogP) is 1.45. The lowest BCUT2D eigenvalue weighted by molar-refractivity contribution is -0.141. The normalized spacial score (nSPS) is 18.9. The molecule has 0 radical (unpaired) electrons. The van der Waals surface area contributed by atoms with Gasteiger partial charge in [-0.25, -0.2) is 4.39 Å². The summed E-state index contributed by atoms with van der Waals surface area (Å²) in [5.74, 6) is -1.69. The van der Waals surface area contributed by atoms with E-state index in [0.717, 1.165) is 0 Å². The molecular formula is C14H16FNO4. The summed E-state index contributed by atoms with van der Waals surface area (Å²) in [5.41, 5.74) is 0.747. The highest BCUT2D eigenvalue weighted by Crippen LogP contribution is 2.15. The lowest BCUT2D eigenvalue weighted by atomic mass is 10.1. The summed E-state index contributed by atoms with van der Waals surface area (Å²) in [5, 5.41) is 8.74. The zero-order valence-electron chi connectivity index (χ0n) is 11.1. The fraction of sp³-hybridized carbons (Fsp3) is 0.429. The first-order valence-corrected chi connectivity index (χ1v) is 6.36. The van der Waals surface area contributed by atoms with Gasteiger partial charge in [-0.05, 0) is 24.6 Å². The number of halogens is 1. The number of morpholine rings is 1. The number of hydrogen-bond donors (Lipinski definition) is 1. The Labute approximate surface area is 116 Å². The van der Waals surface area contributed by atoms with E-state index >= 15 is 0 Å². The topological polar surface area (TPSA) is 66.8 Å². The van der Waals surface area contributed by atoms with Crippen LogP contribution in [0.15, 0.2) is 18.2 Å². The maximum absolute atomic E-state index is 13.5. The molecule has 1 aromatic rings. The van der Waals surface area contributed by atoms with Gasteiger partial charge in [-0.2, -0.15) is 0 Å². The van der Waals surface area contributed by atoms with E-state index in [1.165, 1.54) is 11.0 Å². The second-order valence-electron chi connectivity index (χ2n) is 4.81. The maximum atomic E-state index is 13.5. The Kier molecular flexibility index (Phi) is 4.34. The van der Waals surface area contributed by atoms with Crippen LogP contribution in [-0.2, 0) is 9.53 Å². The molecule has 1 aromatic carbocycles. The summed E-state index contributed by atoms with van der Waals surface area (Å²) in [7, 11) is 0. The van der Waals surface area contributed by atoms with Gasteiger partial charge < -0.3 is 14.7 Å². The SMILES string of the molecule is Cc1ccc(C(=O)N2CCOC(CC(=O)O)C2)cc1F. The van der Waals surface area contributed by atoms with Crippen molar-refractivity contribution >= 4 is 11.9 Å². The number of aryl methyl sites for hydroxylation is 1. The lowest BCUT2D eigenvalue weighted by Crippen LogP contribution is -2.46. The summed E-state index contributed by atoms with van der Waals surface area (Å²) < 4.78 is 18.8. The highest BCUT2D eigenvalue weighted by atomic mass is 19.1. The molecule has 20 heavy (non-hydrogen) atoms. The van der Waals surface area contributed by atoms with Gasteiger partial charge >= 0.3 is 5.97 Å². The van der Waals surface area contributed by atoms with Crippen LogP contribution in [0.3, 0.4) is 0 Å².